The summed E-state index contributed by atoms with van der Waals surface area (Å²) < 4.78 is 92.8. The molecule has 14 heteroatoms. The third-order valence-electron chi connectivity index (χ3n) is 7.96. The first-order valence-electron chi connectivity index (χ1n) is 14.1. The van der Waals surface area contributed by atoms with Gasteiger partial charge in [0.1, 0.15) is 11.4 Å². The van der Waals surface area contributed by atoms with Gasteiger partial charge in [-0.05, 0) is 47.5 Å². The Morgan fingerprint density at radius 3 is 2.31 bits per heavy atom. The van der Waals surface area contributed by atoms with Crippen molar-refractivity contribution >= 4 is 23.2 Å². The van der Waals surface area contributed by atoms with Crippen LogP contribution in [-0.4, -0.2) is 64.5 Å². The van der Waals surface area contributed by atoms with E-state index in [1.807, 2.05) is 6.07 Å². The van der Waals surface area contributed by atoms with Gasteiger partial charge in [0.05, 0.1) is 46.8 Å². The highest BCUT2D eigenvalue weighted by atomic mass is 35.5. The molecule has 0 radical (unpaired) electrons. The molecule has 45 heavy (non-hydrogen) atoms. The highest BCUT2D eigenvalue weighted by Gasteiger charge is 2.38. The van der Waals surface area contributed by atoms with Crippen molar-refractivity contribution in [3.8, 4) is 5.75 Å². The first kappa shape index (κ1) is 31.2. The van der Waals surface area contributed by atoms with Crippen LogP contribution in [0.15, 0.2) is 60.8 Å². The number of fused-ring (bicyclic) bond motifs is 3. The van der Waals surface area contributed by atoms with E-state index < -0.39 is 42.0 Å². The molecule has 0 spiro atoms. The minimum atomic E-state index is -4.59. The van der Waals surface area contributed by atoms with E-state index >= 15 is 0 Å². The van der Waals surface area contributed by atoms with E-state index in [-0.39, 0.29) is 24.4 Å². The number of amides is 1. The third-order valence-corrected chi connectivity index (χ3v) is 8.25. The van der Waals surface area contributed by atoms with E-state index in [4.69, 9.17) is 21.1 Å². The molecule has 2 aromatic heterocycles. The van der Waals surface area contributed by atoms with Gasteiger partial charge in [-0.1, -0.05) is 29.8 Å². The highest BCUT2D eigenvalue weighted by molar-refractivity contribution is 6.32. The number of hydrogen-bond acceptors (Lipinski definition) is 5. The van der Waals surface area contributed by atoms with E-state index in [0.29, 0.717) is 41.7 Å². The molecule has 4 aromatic rings. The molecular formula is C31H27ClF6N4O3. The number of carbonyl (C=O) groups is 1. The molecular weight excluding hydrogens is 626 g/mol. The van der Waals surface area contributed by atoms with Crippen LogP contribution in [0.25, 0.3) is 5.65 Å². The molecule has 0 N–H and O–H groups in total. The summed E-state index contributed by atoms with van der Waals surface area (Å²) in [7, 11) is 0. The topological polar surface area (TPSA) is 59.3 Å². The Labute approximate surface area is 258 Å². The number of imidazole rings is 1. The van der Waals surface area contributed by atoms with Gasteiger partial charge in [0.25, 0.3) is 5.91 Å². The first-order chi connectivity index (χ1) is 21.4. The molecule has 2 aliphatic heterocycles. The van der Waals surface area contributed by atoms with Crippen molar-refractivity contribution in [1.82, 2.24) is 19.2 Å². The number of benzene rings is 2. The van der Waals surface area contributed by atoms with Crippen LogP contribution >= 0.6 is 11.6 Å². The maximum Gasteiger partial charge on any atom is 0.416 e. The summed E-state index contributed by atoms with van der Waals surface area (Å²) in [6.07, 6.45) is -7.74. The molecule has 4 heterocycles. The third kappa shape index (κ3) is 6.61. The molecule has 1 unspecified atom stereocenters. The van der Waals surface area contributed by atoms with Crippen LogP contribution in [0.1, 0.15) is 39.7 Å². The molecule has 0 aliphatic carbocycles. The molecule has 7 nitrogen and oxygen atoms in total. The Balaban J connectivity index is 1.28. The molecule has 1 amide bonds. The number of carbonyl (C=O) groups excluding carboxylic acids is 1. The second-order valence-corrected chi connectivity index (χ2v) is 11.3. The fraction of sp³-hybridized carbons (Fsp3) is 0.355. The van der Waals surface area contributed by atoms with Crippen LogP contribution in [0.3, 0.4) is 0 Å². The summed E-state index contributed by atoms with van der Waals surface area (Å²) in [5.74, 6) is -0.199. The van der Waals surface area contributed by atoms with Crippen molar-refractivity contribution < 1.29 is 40.6 Å². The van der Waals surface area contributed by atoms with E-state index in [1.165, 1.54) is 27.6 Å². The summed E-state index contributed by atoms with van der Waals surface area (Å²) >= 11 is 6.48. The maximum atomic E-state index is 13.7. The van der Waals surface area contributed by atoms with Crippen molar-refractivity contribution in [2.45, 2.75) is 31.4 Å². The number of alkyl halides is 6. The average molecular weight is 653 g/mol. The van der Waals surface area contributed by atoms with Gasteiger partial charge in [-0.15, -0.1) is 0 Å². The Morgan fingerprint density at radius 1 is 0.933 bits per heavy atom. The van der Waals surface area contributed by atoms with Crippen LogP contribution in [-0.2, 0) is 34.8 Å². The predicted molar refractivity (Wildman–Crippen MR) is 152 cm³/mol. The lowest BCUT2D eigenvalue weighted by Gasteiger charge is -2.36. The normalized spacial score (nSPS) is 17.8. The molecule has 0 saturated carbocycles. The summed E-state index contributed by atoms with van der Waals surface area (Å²) in [4.78, 5) is 21.7. The summed E-state index contributed by atoms with van der Waals surface area (Å²) in [6, 6.07) is 10.5. The SMILES string of the molecule is O=C(COc1ccc(CN2CCOCC2)cc1Cl)N1CCc2nc3cc(C(F)(F)F)ccn3c2C1c1ccc(C(F)(F)F)cc1. The zero-order chi connectivity index (χ0) is 31.9. The molecule has 2 aromatic carbocycles. The zero-order valence-electron chi connectivity index (χ0n) is 23.7. The van der Waals surface area contributed by atoms with Crippen molar-refractivity contribution in [3.05, 3.63) is 99.5 Å². The van der Waals surface area contributed by atoms with Crippen molar-refractivity contribution in [2.75, 3.05) is 39.5 Å². The molecule has 238 valence electrons. The Morgan fingerprint density at radius 2 is 1.64 bits per heavy atom. The van der Waals surface area contributed by atoms with E-state index in [1.54, 1.807) is 12.1 Å². The summed E-state index contributed by atoms with van der Waals surface area (Å²) in [5, 5.41) is 0.316. The summed E-state index contributed by atoms with van der Waals surface area (Å²) in [5.41, 5.74) is 0.394. The lowest BCUT2D eigenvalue weighted by atomic mass is 9.94. The van der Waals surface area contributed by atoms with Crippen molar-refractivity contribution in [2.24, 2.45) is 0 Å². The summed E-state index contributed by atoms with van der Waals surface area (Å²) in [6.45, 7) is 3.29. The quantitative estimate of drug-likeness (QED) is 0.226. The van der Waals surface area contributed by atoms with Crippen LogP contribution in [0, 0.1) is 0 Å². The van der Waals surface area contributed by atoms with Crippen LogP contribution in [0.2, 0.25) is 5.02 Å². The van der Waals surface area contributed by atoms with Gasteiger partial charge in [0.2, 0.25) is 0 Å². The number of pyridine rings is 1. The predicted octanol–water partition coefficient (Wildman–Crippen LogP) is 6.41. The number of halogens is 7. The van der Waals surface area contributed by atoms with Gasteiger partial charge in [-0.3, -0.25) is 9.69 Å². The van der Waals surface area contributed by atoms with E-state index in [0.717, 1.165) is 42.9 Å². The molecule has 1 atom stereocenters. The minimum absolute atomic E-state index is 0.0150. The number of ether oxygens (including phenoxy) is 2. The van der Waals surface area contributed by atoms with E-state index in [2.05, 4.69) is 9.88 Å². The fourth-order valence-corrected chi connectivity index (χ4v) is 5.98. The first-order valence-corrected chi connectivity index (χ1v) is 14.5. The van der Waals surface area contributed by atoms with Gasteiger partial charge in [0.15, 0.2) is 6.61 Å². The van der Waals surface area contributed by atoms with Crippen LogP contribution in [0.4, 0.5) is 26.3 Å². The lowest BCUT2D eigenvalue weighted by molar-refractivity contribution is -0.138. The molecule has 0 bridgehead atoms. The van der Waals surface area contributed by atoms with Crippen LogP contribution < -0.4 is 4.74 Å². The average Bonchev–Trinajstić information content (AvgIpc) is 3.38. The largest absolute Gasteiger partial charge is 0.482 e. The Bertz CT molecular complexity index is 1700. The minimum Gasteiger partial charge on any atom is -0.482 e. The Hall–Kier alpha value is -3.81. The number of hydrogen-bond donors (Lipinski definition) is 0. The second-order valence-electron chi connectivity index (χ2n) is 10.9. The zero-order valence-corrected chi connectivity index (χ0v) is 24.4. The number of nitrogens with zero attached hydrogens (tertiary/aromatic N) is 4. The van der Waals surface area contributed by atoms with Crippen molar-refractivity contribution in [3.63, 3.8) is 0 Å². The molecule has 1 saturated heterocycles. The van der Waals surface area contributed by atoms with Crippen LogP contribution in [0.5, 0.6) is 5.75 Å². The number of aromatic nitrogens is 2. The fourth-order valence-electron chi connectivity index (χ4n) is 5.73. The monoisotopic (exact) mass is 652 g/mol. The van der Waals surface area contributed by atoms with Gasteiger partial charge >= 0.3 is 12.4 Å². The lowest BCUT2D eigenvalue weighted by Crippen LogP contribution is -2.43. The van der Waals surface area contributed by atoms with Gasteiger partial charge in [-0.2, -0.15) is 26.3 Å². The van der Waals surface area contributed by atoms with Gasteiger partial charge in [-0.25, -0.2) is 4.98 Å². The number of morpholine rings is 1. The van der Waals surface area contributed by atoms with Gasteiger partial charge < -0.3 is 18.8 Å². The van der Waals surface area contributed by atoms with E-state index in [9.17, 15) is 31.1 Å². The van der Waals surface area contributed by atoms with Crippen molar-refractivity contribution in [1.29, 1.82) is 0 Å². The number of rotatable bonds is 6. The smallest absolute Gasteiger partial charge is 0.416 e. The molecule has 1 fully saturated rings. The van der Waals surface area contributed by atoms with Gasteiger partial charge in [0, 0.05) is 38.8 Å². The highest BCUT2D eigenvalue weighted by Crippen LogP contribution is 2.39. The molecule has 6 rings (SSSR count). The molecule has 2 aliphatic rings. The maximum absolute atomic E-state index is 13.7. The standard InChI is InChI=1S/C31H27ClF6N4O3/c32-23-15-19(17-40-11-13-44-14-12-40)1-6-25(23)45-18-27(43)42-10-8-24-29(28(42)20-2-4-21(5-3-20)30(33,34)35)41-9-7-22(31(36,37)38)16-26(41)39-24/h1-7,9,15-16,28H,8,10-14,17-18H2. The Kier molecular flexibility index (Phi) is 8.44. The second kappa shape index (κ2) is 12.2.